The smallest absolute Gasteiger partial charge is 0.271 e. The normalized spacial score (nSPS) is 13.7. The van der Waals surface area contributed by atoms with Crippen molar-refractivity contribution in [3.63, 3.8) is 0 Å². The van der Waals surface area contributed by atoms with Crippen LogP contribution in [0.2, 0.25) is 0 Å². The van der Waals surface area contributed by atoms with Gasteiger partial charge in [-0.3, -0.25) is 14.8 Å². The van der Waals surface area contributed by atoms with Crippen LogP contribution in [-0.2, 0) is 0 Å². The van der Waals surface area contributed by atoms with Gasteiger partial charge in [-0.25, -0.2) is 0 Å². The van der Waals surface area contributed by atoms with Crippen molar-refractivity contribution in [1.82, 2.24) is 20.4 Å². The first-order chi connectivity index (χ1) is 15.2. The van der Waals surface area contributed by atoms with E-state index in [4.69, 9.17) is 9.15 Å². The van der Waals surface area contributed by atoms with Gasteiger partial charge in [0.25, 0.3) is 5.91 Å². The summed E-state index contributed by atoms with van der Waals surface area (Å²) >= 11 is 0. The van der Waals surface area contributed by atoms with Gasteiger partial charge in [0.15, 0.2) is 11.5 Å². The van der Waals surface area contributed by atoms with Crippen molar-refractivity contribution in [2.45, 2.75) is 12.8 Å². The molecule has 0 atom stereocenters. The van der Waals surface area contributed by atoms with Crippen LogP contribution < -0.4 is 15.0 Å². The molecule has 33 heavy (non-hydrogen) atoms. The van der Waals surface area contributed by atoms with Crippen molar-refractivity contribution >= 4 is 36.4 Å². The number of aromatic amines is 1. The van der Waals surface area contributed by atoms with Crippen molar-refractivity contribution in [3.05, 3.63) is 54.4 Å². The third kappa shape index (κ3) is 6.90. The van der Waals surface area contributed by atoms with Gasteiger partial charge in [-0.05, 0) is 43.7 Å². The highest BCUT2D eigenvalue weighted by molar-refractivity contribution is 5.93. The van der Waals surface area contributed by atoms with E-state index in [9.17, 15) is 4.79 Å². The molecule has 3 heterocycles. The molecule has 0 aliphatic carbocycles. The van der Waals surface area contributed by atoms with Crippen LogP contribution in [0.15, 0.2) is 53.1 Å². The molecule has 8 nitrogen and oxygen atoms in total. The molecule has 1 aliphatic rings. The zero-order valence-electron chi connectivity index (χ0n) is 18.7. The maximum Gasteiger partial charge on any atom is 0.271 e. The number of carbonyl (C=O) groups is 1. The molecular weight excluding hydrogens is 465 g/mol. The van der Waals surface area contributed by atoms with Crippen LogP contribution in [0.3, 0.4) is 0 Å². The van der Waals surface area contributed by atoms with E-state index in [0.29, 0.717) is 23.7 Å². The summed E-state index contributed by atoms with van der Waals surface area (Å²) in [5.74, 6) is 1.43. The molecule has 1 saturated heterocycles. The average Bonchev–Trinajstić information content (AvgIpc) is 3.51. The molecule has 1 aliphatic heterocycles. The number of ether oxygens (including phenoxy) is 1. The highest BCUT2D eigenvalue weighted by Gasteiger charge is 2.19. The number of rotatable bonds is 9. The van der Waals surface area contributed by atoms with Gasteiger partial charge in [-0.1, -0.05) is 12.1 Å². The van der Waals surface area contributed by atoms with E-state index >= 15 is 0 Å². The predicted octanol–water partition coefficient (Wildman–Crippen LogP) is 3.85. The number of para-hydroxylation sites is 2. The van der Waals surface area contributed by atoms with E-state index in [1.807, 2.05) is 18.2 Å². The molecule has 1 aromatic carbocycles. The molecule has 1 fully saturated rings. The average molecular weight is 496 g/mol. The lowest BCUT2D eigenvalue weighted by molar-refractivity contribution is 0.0947. The number of hydrogen-bond donors (Lipinski definition) is 2. The van der Waals surface area contributed by atoms with Gasteiger partial charge in [-0.15, -0.1) is 24.8 Å². The Morgan fingerprint density at radius 3 is 2.64 bits per heavy atom. The van der Waals surface area contributed by atoms with Crippen LogP contribution in [-0.4, -0.2) is 67.4 Å². The molecule has 2 aromatic heterocycles. The topological polar surface area (TPSA) is 86.6 Å². The van der Waals surface area contributed by atoms with E-state index in [1.165, 1.54) is 5.69 Å². The zero-order valence-corrected chi connectivity index (χ0v) is 20.3. The van der Waals surface area contributed by atoms with Crippen LogP contribution in [0.4, 0.5) is 5.69 Å². The number of hydrogen-bond acceptors (Lipinski definition) is 6. The number of carbonyl (C=O) groups excluding carboxylic acids is 1. The second-order valence-corrected chi connectivity index (χ2v) is 7.61. The van der Waals surface area contributed by atoms with Crippen LogP contribution in [0, 0.1) is 0 Å². The Morgan fingerprint density at radius 2 is 1.91 bits per heavy atom. The summed E-state index contributed by atoms with van der Waals surface area (Å²) in [6, 6.07) is 13.5. The molecule has 0 saturated carbocycles. The number of nitrogens with one attached hydrogen (secondary N) is 2. The summed E-state index contributed by atoms with van der Waals surface area (Å²) in [7, 11) is 1.72. The van der Waals surface area contributed by atoms with Crippen molar-refractivity contribution in [2.24, 2.45) is 0 Å². The molecule has 1 amide bonds. The lowest BCUT2D eigenvalue weighted by Crippen LogP contribution is -2.46. The van der Waals surface area contributed by atoms with Crippen LogP contribution in [0.1, 0.15) is 23.3 Å². The van der Waals surface area contributed by atoms with E-state index in [1.54, 1.807) is 25.5 Å². The Labute approximate surface area is 206 Å². The molecular formula is C23H31Cl2N5O3. The summed E-state index contributed by atoms with van der Waals surface area (Å²) in [4.78, 5) is 17.1. The Morgan fingerprint density at radius 1 is 1.12 bits per heavy atom. The van der Waals surface area contributed by atoms with Gasteiger partial charge >= 0.3 is 0 Å². The Bertz CT molecular complexity index is 972. The van der Waals surface area contributed by atoms with Gasteiger partial charge in [0.05, 0.1) is 19.1 Å². The lowest BCUT2D eigenvalue weighted by Gasteiger charge is -2.36. The van der Waals surface area contributed by atoms with Crippen molar-refractivity contribution in [2.75, 3.05) is 51.3 Å². The second kappa shape index (κ2) is 13.1. The maximum absolute atomic E-state index is 12.3. The van der Waals surface area contributed by atoms with Gasteiger partial charge in [0, 0.05) is 38.8 Å². The fourth-order valence-corrected chi connectivity index (χ4v) is 3.85. The zero-order chi connectivity index (χ0) is 21.5. The number of H-pyrrole nitrogens is 1. The van der Waals surface area contributed by atoms with Crippen LogP contribution >= 0.6 is 24.8 Å². The van der Waals surface area contributed by atoms with Gasteiger partial charge in [-0.2, -0.15) is 5.10 Å². The first-order valence-corrected chi connectivity index (χ1v) is 10.7. The van der Waals surface area contributed by atoms with Gasteiger partial charge < -0.3 is 19.4 Å². The van der Waals surface area contributed by atoms with Crippen LogP contribution in [0.25, 0.3) is 11.5 Å². The minimum absolute atomic E-state index is 0. The summed E-state index contributed by atoms with van der Waals surface area (Å²) in [6.07, 6.45) is 3.58. The number of benzene rings is 1. The molecule has 180 valence electrons. The predicted molar refractivity (Wildman–Crippen MR) is 134 cm³/mol. The fraction of sp³-hybridized carbons (Fsp3) is 0.391. The highest BCUT2D eigenvalue weighted by atomic mass is 35.5. The number of furan rings is 1. The number of anilines is 1. The number of halogens is 2. The first kappa shape index (κ1) is 26.6. The summed E-state index contributed by atoms with van der Waals surface area (Å²) in [6.45, 7) is 5.74. The molecule has 0 spiro atoms. The Kier molecular flexibility index (Phi) is 10.6. The quantitative estimate of drug-likeness (QED) is 0.438. The molecule has 3 aromatic rings. The third-order valence-corrected chi connectivity index (χ3v) is 5.58. The molecule has 0 radical (unpaired) electrons. The van der Waals surface area contributed by atoms with E-state index in [0.717, 1.165) is 51.3 Å². The van der Waals surface area contributed by atoms with Crippen molar-refractivity contribution in [3.8, 4) is 17.2 Å². The molecule has 10 heteroatoms. The maximum atomic E-state index is 12.3. The SMILES string of the molecule is COc1ccccc1N1CCN(CCCCNC(=O)c2cc(-c3ccco3)[nH]n2)CC1.Cl.Cl. The van der Waals surface area contributed by atoms with Crippen LogP contribution in [0.5, 0.6) is 5.75 Å². The lowest BCUT2D eigenvalue weighted by atomic mass is 10.2. The summed E-state index contributed by atoms with van der Waals surface area (Å²) in [5, 5.41) is 9.85. The number of amides is 1. The van der Waals surface area contributed by atoms with E-state index in [2.05, 4.69) is 37.4 Å². The van der Waals surface area contributed by atoms with Crippen molar-refractivity contribution in [1.29, 1.82) is 0 Å². The summed E-state index contributed by atoms with van der Waals surface area (Å²) < 4.78 is 10.8. The summed E-state index contributed by atoms with van der Waals surface area (Å²) in [5.41, 5.74) is 2.24. The number of piperazine rings is 1. The first-order valence-electron chi connectivity index (χ1n) is 10.7. The van der Waals surface area contributed by atoms with E-state index in [-0.39, 0.29) is 30.7 Å². The highest BCUT2D eigenvalue weighted by Crippen LogP contribution is 2.28. The van der Waals surface area contributed by atoms with Gasteiger partial charge in [0.1, 0.15) is 11.4 Å². The molecule has 0 unspecified atom stereocenters. The second-order valence-electron chi connectivity index (χ2n) is 7.61. The number of methoxy groups -OCH3 is 1. The molecule has 2 N–H and O–H groups in total. The third-order valence-electron chi connectivity index (χ3n) is 5.58. The molecule has 0 bridgehead atoms. The minimum Gasteiger partial charge on any atom is -0.495 e. The van der Waals surface area contributed by atoms with E-state index < -0.39 is 0 Å². The van der Waals surface area contributed by atoms with Gasteiger partial charge in [0.2, 0.25) is 0 Å². The number of unbranched alkanes of at least 4 members (excludes halogenated alkanes) is 1. The largest absolute Gasteiger partial charge is 0.495 e. The monoisotopic (exact) mass is 495 g/mol. The number of nitrogens with zero attached hydrogens (tertiary/aromatic N) is 3. The number of aromatic nitrogens is 2. The molecule has 4 rings (SSSR count). The Balaban J connectivity index is 0.00000193. The Hall–Kier alpha value is -2.68. The fourth-order valence-electron chi connectivity index (χ4n) is 3.85. The standard InChI is InChI=1S/C23H29N5O3.2ClH/c1-30-22-8-3-2-7-20(22)28-14-12-27(13-15-28)11-5-4-10-24-23(29)19-17-18(25-26-19)21-9-6-16-31-21;;/h2-3,6-9,16-17H,4-5,10-15H2,1H3,(H,24,29)(H,25,26);2*1H. The minimum atomic E-state index is -0.167. The van der Waals surface area contributed by atoms with Crippen molar-refractivity contribution < 1.29 is 13.9 Å².